The molecule has 0 radical (unpaired) electrons. The smallest absolute Gasteiger partial charge is 0.224 e. The Morgan fingerprint density at radius 1 is 1.16 bits per heavy atom. The normalized spacial score (nSPS) is 25.1. The van der Waals surface area contributed by atoms with Crippen LogP contribution in [0.4, 0.5) is 5.69 Å². The summed E-state index contributed by atoms with van der Waals surface area (Å²) in [6, 6.07) is 10.3. The molecule has 1 amide bonds. The van der Waals surface area contributed by atoms with Gasteiger partial charge in [-0.05, 0) is 37.3 Å². The molecule has 2 aliphatic heterocycles. The number of carbonyl (C=O) groups excluding carboxylic acids is 1. The fourth-order valence-corrected chi connectivity index (χ4v) is 4.63. The van der Waals surface area contributed by atoms with Crippen molar-refractivity contribution in [2.24, 2.45) is 11.8 Å². The first kappa shape index (κ1) is 18.2. The van der Waals surface area contributed by atoms with Crippen molar-refractivity contribution in [3.63, 3.8) is 0 Å². The Labute approximate surface area is 150 Å². The molecule has 1 aromatic carbocycles. The number of piperidine rings is 1. The van der Waals surface area contributed by atoms with Crippen LogP contribution in [0.3, 0.4) is 0 Å². The van der Waals surface area contributed by atoms with Crippen LogP contribution in [0.15, 0.2) is 30.3 Å². The van der Waals surface area contributed by atoms with Gasteiger partial charge in [-0.15, -0.1) is 0 Å². The number of carbonyl (C=O) groups is 1. The third-order valence-electron chi connectivity index (χ3n) is 5.20. The lowest BCUT2D eigenvalue weighted by molar-refractivity contribution is -0.126. The van der Waals surface area contributed by atoms with Crippen molar-refractivity contribution in [2.45, 2.75) is 19.3 Å². The van der Waals surface area contributed by atoms with E-state index in [-0.39, 0.29) is 11.8 Å². The van der Waals surface area contributed by atoms with Crippen LogP contribution in [0.5, 0.6) is 0 Å². The molecule has 0 aliphatic carbocycles. The number of rotatable bonds is 5. The van der Waals surface area contributed by atoms with E-state index < -0.39 is 10.0 Å². The lowest BCUT2D eigenvalue weighted by atomic mass is 9.98. The van der Waals surface area contributed by atoms with Gasteiger partial charge in [0.2, 0.25) is 15.9 Å². The van der Waals surface area contributed by atoms with Gasteiger partial charge in [0, 0.05) is 38.4 Å². The molecule has 2 heterocycles. The second-order valence-corrected chi connectivity index (χ2v) is 9.12. The molecule has 2 saturated heterocycles. The number of anilines is 1. The molecule has 2 fully saturated rings. The monoisotopic (exact) mass is 365 g/mol. The number of hydrogen-bond acceptors (Lipinski definition) is 4. The van der Waals surface area contributed by atoms with Crippen molar-refractivity contribution in [3.8, 4) is 0 Å². The second kappa shape index (κ2) is 7.74. The fraction of sp³-hybridized carbons (Fsp3) is 0.611. The molecule has 138 valence electrons. The van der Waals surface area contributed by atoms with E-state index in [1.807, 2.05) is 18.2 Å². The molecule has 0 aromatic heterocycles. The molecule has 2 aliphatic rings. The highest BCUT2D eigenvalue weighted by Crippen LogP contribution is 2.23. The van der Waals surface area contributed by atoms with E-state index >= 15 is 0 Å². The molecule has 0 spiro atoms. The predicted molar refractivity (Wildman–Crippen MR) is 98.9 cm³/mol. The summed E-state index contributed by atoms with van der Waals surface area (Å²) < 4.78 is 24.8. The first-order valence-electron chi connectivity index (χ1n) is 8.96. The lowest BCUT2D eigenvalue weighted by Crippen LogP contribution is -2.45. The number of hydrogen-bond donors (Lipinski definition) is 1. The van der Waals surface area contributed by atoms with Crippen LogP contribution in [-0.4, -0.2) is 57.6 Å². The minimum absolute atomic E-state index is 0.00786. The van der Waals surface area contributed by atoms with Gasteiger partial charge in [-0.3, -0.25) is 4.79 Å². The average molecular weight is 365 g/mol. The van der Waals surface area contributed by atoms with Crippen molar-refractivity contribution in [2.75, 3.05) is 43.9 Å². The molecule has 6 nitrogen and oxygen atoms in total. The molecule has 1 aromatic rings. The van der Waals surface area contributed by atoms with Gasteiger partial charge >= 0.3 is 0 Å². The number of nitrogens with one attached hydrogen (secondary N) is 1. The molecule has 25 heavy (non-hydrogen) atoms. The summed E-state index contributed by atoms with van der Waals surface area (Å²) in [4.78, 5) is 14.8. The maximum atomic E-state index is 12.4. The Kier molecular flexibility index (Phi) is 5.64. The highest BCUT2D eigenvalue weighted by Gasteiger charge is 2.31. The number of amides is 1. The summed E-state index contributed by atoms with van der Waals surface area (Å²) in [5.41, 5.74) is 1.23. The number of benzene rings is 1. The van der Waals surface area contributed by atoms with E-state index in [9.17, 15) is 13.2 Å². The summed E-state index contributed by atoms with van der Waals surface area (Å²) in [6.07, 6.45) is 3.79. The molecular formula is C18H27N3O3S. The number of nitrogens with zero attached hydrogens (tertiary/aromatic N) is 2. The minimum Gasteiger partial charge on any atom is -0.371 e. The van der Waals surface area contributed by atoms with Crippen molar-refractivity contribution < 1.29 is 13.2 Å². The first-order valence-corrected chi connectivity index (χ1v) is 10.8. The Balaban J connectivity index is 1.47. The molecule has 0 bridgehead atoms. The zero-order chi connectivity index (χ0) is 17.9. The van der Waals surface area contributed by atoms with Crippen LogP contribution in [-0.2, 0) is 14.8 Å². The summed E-state index contributed by atoms with van der Waals surface area (Å²) in [7, 11) is -3.21. The molecule has 2 unspecified atom stereocenters. The maximum Gasteiger partial charge on any atom is 0.224 e. The Morgan fingerprint density at radius 2 is 1.92 bits per heavy atom. The second-order valence-electron chi connectivity index (χ2n) is 7.14. The van der Waals surface area contributed by atoms with Gasteiger partial charge in [0.25, 0.3) is 0 Å². The number of sulfonamides is 1. The van der Waals surface area contributed by atoms with Crippen LogP contribution in [0, 0.1) is 11.8 Å². The van der Waals surface area contributed by atoms with Gasteiger partial charge in [0.1, 0.15) is 0 Å². The van der Waals surface area contributed by atoms with Crippen molar-refractivity contribution in [1.29, 1.82) is 0 Å². The van der Waals surface area contributed by atoms with Crippen LogP contribution in [0.1, 0.15) is 19.3 Å². The third-order valence-corrected chi connectivity index (χ3v) is 6.47. The Morgan fingerprint density at radius 3 is 2.64 bits per heavy atom. The van der Waals surface area contributed by atoms with Gasteiger partial charge in [-0.2, -0.15) is 0 Å². The van der Waals surface area contributed by atoms with E-state index in [1.165, 1.54) is 16.2 Å². The standard InChI is InChI=1S/C18H27N3O3S/c1-25(23,24)21-10-5-6-16(14-21)18(22)19-12-15-9-11-20(13-15)17-7-3-2-4-8-17/h2-4,7-8,15-16H,5-6,9-14H2,1H3,(H,19,22). The van der Waals surface area contributed by atoms with Crippen LogP contribution in [0.2, 0.25) is 0 Å². The topological polar surface area (TPSA) is 69.7 Å². The summed E-state index contributed by atoms with van der Waals surface area (Å²) in [5.74, 6) is 0.209. The quantitative estimate of drug-likeness (QED) is 0.854. The Bertz CT molecular complexity index is 693. The molecule has 7 heteroatoms. The van der Waals surface area contributed by atoms with Crippen LogP contribution in [0.25, 0.3) is 0 Å². The summed E-state index contributed by atoms with van der Waals surface area (Å²) in [5, 5.41) is 3.05. The van der Waals surface area contributed by atoms with Crippen LogP contribution < -0.4 is 10.2 Å². The zero-order valence-corrected chi connectivity index (χ0v) is 15.5. The Hall–Kier alpha value is -1.60. The van der Waals surface area contributed by atoms with Crippen molar-refractivity contribution in [3.05, 3.63) is 30.3 Å². The SMILES string of the molecule is CS(=O)(=O)N1CCCC(C(=O)NCC2CCN(c3ccccc3)C2)C1. The molecule has 0 saturated carbocycles. The average Bonchev–Trinajstić information content (AvgIpc) is 3.09. The lowest BCUT2D eigenvalue weighted by Gasteiger charge is -2.30. The van der Waals surface area contributed by atoms with E-state index in [0.717, 1.165) is 32.4 Å². The largest absolute Gasteiger partial charge is 0.371 e. The van der Waals surface area contributed by atoms with Gasteiger partial charge in [-0.1, -0.05) is 18.2 Å². The highest BCUT2D eigenvalue weighted by molar-refractivity contribution is 7.88. The molecular weight excluding hydrogens is 338 g/mol. The first-order chi connectivity index (χ1) is 11.9. The van der Waals surface area contributed by atoms with E-state index in [0.29, 0.717) is 25.6 Å². The predicted octanol–water partition coefficient (Wildman–Crippen LogP) is 1.30. The van der Waals surface area contributed by atoms with Gasteiger partial charge in [0.15, 0.2) is 0 Å². The molecule has 3 rings (SSSR count). The molecule has 2 atom stereocenters. The third kappa shape index (κ3) is 4.73. The summed E-state index contributed by atoms with van der Waals surface area (Å²) >= 11 is 0. The fourth-order valence-electron chi connectivity index (χ4n) is 3.72. The van der Waals surface area contributed by atoms with Crippen molar-refractivity contribution in [1.82, 2.24) is 9.62 Å². The minimum atomic E-state index is -3.21. The zero-order valence-electron chi connectivity index (χ0n) is 14.7. The molecule has 1 N–H and O–H groups in total. The van der Waals surface area contributed by atoms with E-state index in [4.69, 9.17) is 0 Å². The van der Waals surface area contributed by atoms with Gasteiger partial charge in [-0.25, -0.2) is 12.7 Å². The van der Waals surface area contributed by atoms with E-state index in [2.05, 4.69) is 22.3 Å². The van der Waals surface area contributed by atoms with Gasteiger partial charge in [0.05, 0.1) is 12.2 Å². The highest BCUT2D eigenvalue weighted by atomic mass is 32.2. The van der Waals surface area contributed by atoms with E-state index in [1.54, 1.807) is 0 Å². The van der Waals surface area contributed by atoms with Gasteiger partial charge < -0.3 is 10.2 Å². The van der Waals surface area contributed by atoms with Crippen molar-refractivity contribution >= 4 is 21.6 Å². The number of para-hydroxylation sites is 1. The summed E-state index contributed by atoms with van der Waals surface area (Å²) in [6.45, 7) is 3.46. The van der Waals surface area contributed by atoms with Crippen LogP contribution >= 0.6 is 0 Å². The maximum absolute atomic E-state index is 12.4.